The van der Waals surface area contributed by atoms with Crippen LogP contribution in [0.2, 0.25) is 0 Å². The SMILES string of the molecule is CNC(c1ccccc1)C(C)Oc1ccccc1. The fourth-order valence-electron chi connectivity index (χ4n) is 2.11. The fraction of sp³-hybridized carbons (Fsp3) is 0.250. The van der Waals surface area contributed by atoms with Crippen LogP contribution in [0, 0.1) is 0 Å². The number of likely N-dealkylation sites (N-methyl/N-ethyl adjacent to an activating group) is 1. The molecule has 2 aromatic carbocycles. The third-order valence-corrected chi connectivity index (χ3v) is 3.00. The quantitative estimate of drug-likeness (QED) is 0.866. The summed E-state index contributed by atoms with van der Waals surface area (Å²) in [5.74, 6) is 0.904. The Morgan fingerprint density at radius 2 is 1.44 bits per heavy atom. The summed E-state index contributed by atoms with van der Waals surface area (Å²) in [7, 11) is 1.96. The van der Waals surface area contributed by atoms with Crippen LogP contribution in [0.25, 0.3) is 0 Å². The van der Waals surface area contributed by atoms with Crippen molar-refractivity contribution in [3.05, 3.63) is 66.2 Å². The van der Waals surface area contributed by atoms with E-state index in [0.717, 1.165) is 5.75 Å². The molecule has 2 atom stereocenters. The van der Waals surface area contributed by atoms with Gasteiger partial charge in [0.2, 0.25) is 0 Å². The molecule has 2 aromatic rings. The maximum absolute atomic E-state index is 5.96. The Bertz CT molecular complexity index is 455. The van der Waals surface area contributed by atoms with Gasteiger partial charge in [-0.3, -0.25) is 0 Å². The molecule has 0 spiro atoms. The van der Waals surface area contributed by atoms with Gasteiger partial charge in [-0.15, -0.1) is 0 Å². The second kappa shape index (κ2) is 6.22. The average molecular weight is 241 g/mol. The number of hydrogen-bond donors (Lipinski definition) is 1. The van der Waals surface area contributed by atoms with E-state index < -0.39 is 0 Å². The Balaban J connectivity index is 2.09. The Morgan fingerprint density at radius 1 is 0.889 bits per heavy atom. The topological polar surface area (TPSA) is 21.3 Å². The first-order chi connectivity index (χ1) is 8.81. The van der Waals surface area contributed by atoms with Gasteiger partial charge < -0.3 is 10.1 Å². The van der Waals surface area contributed by atoms with Gasteiger partial charge in [0.25, 0.3) is 0 Å². The molecule has 0 saturated heterocycles. The standard InChI is InChI=1S/C16H19NO/c1-13(18-15-11-7-4-8-12-15)16(17-2)14-9-5-3-6-10-14/h3-13,16-17H,1-2H3. The highest BCUT2D eigenvalue weighted by Crippen LogP contribution is 2.21. The van der Waals surface area contributed by atoms with Gasteiger partial charge in [0.15, 0.2) is 0 Å². The smallest absolute Gasteiger partial charge is 0.119 e. The van der Waals surface area contributed by atoms with Gasteiger partial charge >= 0.3 is 0 Å². The van der Waals surface area contributed by atoms with E-state index in [1.54, 1.807) is 0 Å². The zero-order valence-corrected chi connectivity index (χ0v) is 10.8. The molecule has 0 aliphatic heterocycles. The molecule has 2 unspecified atom stereocenters. The Hall–Kier alpha value is -1.80. The summed E-state index contributed by atoms with van der Waals surface area (Å²) < 4.78 is 5.96. The zero-order chi connectivity index (χ0) is 12.8. The maximum Gasteiger partial charge on any atom is 0.119 e. The molecule has 2 nitrogen and oxygen atoms in total. The van der Waals surface area contributed by atoms with Crippen molar-refractivity contribution in [2.75, 3.05) is 7.05 Å². The average Bonchev–Trinajstić information content (AvgIpc) is 2.42. The summed E-state index contributed by atoms with van der Waals surface area (Å²) in [4.78, 5) is 0. The minimum absolute atomic E-state index is 0.0693. The van der Waals surface area contributed by atoms with E-state index in [4.69, 9.17) is 4.74 Å². The summed E-state index contributed by atoms with van der Waals surface area (Å²) >= 11 is 0. The molecule has 0 radical (unpaired) electrons. The largest absolute Gasteiger partial charge is 0.489 e. The monoisotopic (exact) mass is 241 g/mol. The molecule has 0 aromatic heterocycles. The van der Waals surface area contributed by atoms with Crippen molar-refractivity contribution in [2.45, 2.75) is 19.1 Å². The Labute approximate surface area is 109 Å². The lowest BCUT2D eigenvalue weighted by Crippen LogP contribution is -2.31. The summed E-state index contributed by atoms with van der Waals surface area (Å²) in [5.41, 5.74) is 1.24. The van der Waals surface area contributed by atoms with Crippen molar-refractivity contribution in [3.63, 3.8) is 0 Å². The van der Waals surface area contributed by atoms with Crippen LogP contribution in [0.15, 0.2) is 60.7 Å². The first kappa shape index (κ1) is 12.7. The van der Waals surface area contributed by atoms with Crippen LogP contribution in [0.3, 0.4) is 0 Å². The minimum Gasteiger partial charge on any atom is -0.489 e. The predicted molar refractivity (Wildman–Crippen MR) is 74.8 cm³/mol. The lowest BCUT2D eigenvalue weighted by Gasteiger charge is -2.25. The van der Waals surface area contributed by atoms with E-state index in [2.05, 4.69) is 36.5 Å². The number of para-hydroxylation sites is 1. The molecule has 0 amide bonds. The Morgan fingerprint density at radius 3 is 2.00 bits per heavy atom. The maximum atomic E-state index is 5.96. The molecular weight excluding hydrogens is 222 g/mol. The Kier molecular flexibility index (Phi) is 4.37. The first-order valence-corrected chi connectivity index (χ1v) is 6.25. The second-order valence-corrected chi connectivity index (χ2v) is 4.31. The number of ether oxygens (including phenoxy) is 1. The number of nitrogens with one attached hydrogen (secondary N) is 1. The van der Waals surface area contributed by atoms with Gasteiger partial charge in [0, 0.05) is 0 Å². The van der Waals surface area contributed by atoms with Crippen molar-refractivity contribution in [3.8, 4) is 5.75 Å². The summed E-state index contributed by atoms with van der Waals surface area (Å²) in [6, 6.07) is 20.5. The molecule has 0 heterocycles. The summed E-state index contributed by atoms with van der Waals surface area (Å²) in [6.07, 6.45) is 0.0693. The van der Waals surface area contributed by atoms with Crippen molar-refractivity contribution < 1.29 is 4.74 Å². The van der Waals surface area contributed by atoms with Crippen LogP contribution < -0.4 is 10.1 Å². The fourth-order valence-corrected chi connectivity index (χ4v) is 2.11. The molecule has 0 fully saturated rings. The third kappa shape index (κ3) is 3.11. The molecule has 0 aliphatic rings. The van der Waals surface area contributed by atoms with Gasteiger partial charge in [0.05, 0.1) is 6.04 Å². The molecule has 2 heteroatoms. The molecule has 0 aliphatic carbocycles. The van der Waals surface area contributed by atoms with Gasteiger partial charge in [-0.2, -0.15) is 0 Å². The lowest BCUT2D eigenvalue weighted by atomic mass is 10.0. The predicted octanol–water partition coefficient (Wildman–Crippen LogP) is 3.41. The molecular formula is C16H19NO. The van der Waals surface area contributed by atoms with Crippen LogP contribution in [-0.4, -0.2) is 13.2 Å². The van der Waals surface area contributed by atoms with E-state index >= 15 is 0 Å². The van der Waals surface area contributed by atoms with Crippen LogP contribution in [0.4, 0.5) is 0 Å². The van der Waals surface area contributed by atoms with Gasteiger partial charge in [0.1, 0.15) is 11.9 Å². The zero-order valence-electron chi connectivity index (χ0n) is 10.8. The molecule has 0 bridgehead atoms. The van der Waals surface area contributed by atoms with E-state index in [0.29, 0.717) is 0 Å². The second-order valence-electron chi connectivity index (χ2n) is 4.31. The van der Waals surface area contributed by atoms with Crippen LogP contribution in [0.1, 0.15) is 18.5 Å². The van der Waals surface area contributed by atoms with Crippen molar-refractivity contribution in [1.82, 2.24) is 5.32 Å². The highest BCUT2D eigenvalue weighted by Gasteiger charge is 2.18. The van der Waals surface area contributed by atoms with Crippen LogP contribution in [-0.2, 0) is 0 Å². The van der Waals surface area contributed by atoms with E-state index in [-0.39, 0.29) is 12.1 Å². The van der Waals surface area contributed by atoms with Crippen molar-refractivity contribution in [2.24, 2.45) is 0 Å². The molecule has 94 valence electrons. The highest BCUT2D eigenvalue weighted by atomic mass is 16.5. The summed E-state index contributed by atoms with van der Waals surface area (Å²) in [6.45, 7) is 2.08. The first-order valence-electron chi connectivity index (χ1n) is 6.25. The van der Waals surface area contributed by atoms with Gasteiger partial charge in [-0.25, -0.2) is 0 Å². The van der Waals surface area contributed by atoms with Crippen LogP contribution in [0.5, 0.6) is 5.75 Å². The van der Waals surface area contributed by atoms with E-state index in [1.807, 2.05) is 43.4 Å². The van der Waals surface area contributed by atoms with Crippen LogP contribution >= 0.6 is 0 Å². The number of benzene rings is 2. The molecule has 18 heavy (non-hydrogen) atoms. The molecule has 0 saturated carbocycles. The van der Waals surface area contributed by atoms with Gasteiger partial charge in [-0.1, -0.05) is 48.5 Å². The minimum atomic E-state index is 0.0693. The normalized spacial score (nSPS) is 13.9. The highest BCUT2D eigenvalue weighted by molar-refractivity contribution is 5.23. The van der Waals surface area contributed by atoms with Crippen molar-refractivity contribution in [1.29, 1.82) is 0 Å². The third-order valence-electron chi connectivity index (χ3n) is 3.00. The van der Waals surface area contributed by atoms with E-state index in [9.17, 15) is 0 Å². The molecule has 1 N–H and O–H groups in total. The van der Waals surface area contributed by atoms with E-state index in [1.165, 1.54) is 5.56 Å². The number of hydrogen-bond acceptors (Lipinski definition) is 2. The number of rotatable bonds is 5. The summed E-state index contributed by atoms with van der Waals surface area (Å²) in [5, 5.41) is 3.31. The lowest BCUT2D eigenvalue weighted by molar-refractivity contribution is 0.175. The van der Waals surface area contributed by atoms with Gasteiger partial charge in [-0.05, 0) is 31.7 Å². The van der Waals surface area contributed by atoms with Crippen molar-refractivity contribution >= 4 is 0 Å². The molecule has 2 rings (SSSR count).